The number of hydrogen-bond acceptors (Lipinski definition) is 2. The predicted octanol–water partition coefficient (Wildman–Crippen LogP) is 2.02. The van der Waals surface area contributed by atoms with E-state index in [2.05, 4.69) is 18.8 Å². The maximum absolute atomic E-state index is 9.57. The van der Waals surface area contributed by atoms with Gasteiger partial charge in [0.05, 0.1) is 12.1 Å². The number of aliphatic hydroxyl groups excluding tert-OH is 1. The lowest BCUT2D eigenvalue weighted by Crippen LogP contribution is -2.28. The first-order chi connectivity index (χ1) is 5.70. The molecule has 0 heterocycles. The van der Waals surface area contributed by atoms with Crippen LogP contribution in [-0.2, 0) is 0 Å². The van der Waals surface area contributed by atoms with Crippen molar-refractivity contribution in [1.82, 2.24) is 0 Å². The maximum Gasteiger partial charge on any atom is 0.0763 e. The van der Waals surface area contributed by atoms with Gasteiger partial charge in [0, 0.05) is 6.21 Å². The molecule has 0 aromatic rings. The van der Waals surface area contributed by atoms with Crippen LogP contribution in [0.2, 0.25) is 0 Å². The number of aliphatic imine (C=N–C) groups is 1. The van der Waals surface area contributed by atoms with Crippen molar-refractivity contribution in [2.75, 3.05) is 0 Å². The van der Waals surface area contributed by atoms with Gasteiger partial charge >= 0.3 is 0 Å². The van der Waals surface area contributed by atoms with Gasteiger partial charge in [-0.05, 0) is 18.8 Å². The summed E-state index contributed by atoms with van der Waals surface area (Å²) in [4.78, 5) is 4.39. The van der Waals surface area contributed by atoms with Crippen LogP contribution in [-0.4, -0.2) is 23.5 Å². The number of rotatable bonds is 2. The smallest absolute Gasteiger partial charge is 0.0763 e. The van der Waals surface area contributed by atoms with Crippen molar-refractivity contribution >= 4 is 6.21 Å². The number of nitrogens with zero attached hydrogens (tertiary/aromatic N) is 1. The van der Waals surface area contributed by atoms with Crippen LogP contribution < -0.4 is 0 Å². The summed E-state index contributed by atoms with van der Waals surface area (Å²) in [5.41, 5.74) is 0. The average Bonchev–Trinajstić information content (AvgIpc) is 2.03. The highest BCUT2D eigenvalue weighted by Gasteiger charge is 2.21. The van der Waals surface area contributed by atoms with Crippen LogP contribution in [0.1, 0.15) is 39.5 Å². The van der Waals surface area contributed by atoms with E-state index in [4.69, 9.17) is 0 Å². The Kier molecular flexibility index (Phi) is 3.73. The predicted molar refractivity (Wildman–Crippen MR) is 51.6 cm³/mol. The fourth-order valence-corrected chi connectivity index (χ4v) is 1.55. The summed E-state index contributed by atoms with van der Waals surface area (Å²) in [7, 11) is 0. The first-order valence-electron chi connectivity index (χ1n) is 4.91. The highest BCUT2D eigenvalue weighted by atomic mass is 16.3. The zero-order valence-corrected chi connectivity index (χ0v) is 8.03. The normalized spacial score (nSPS) is 31.7. The molecule has 1 aliphatic carbocycles. The van der Waals surface area contributed by atoms with Gasteiger partial charge in [-0.3, -0.25) is 4.99 Å². The summed E-state index contributed by atoms with van der Waals surface area (Å²) < 4.78 is 0. The van der Waals surface area contributed by atoms with E-state index in [0.29, 0.717) is 5.92 Å². The van der Waals surface area contributed by atoms with Gasteiger partial charge in [0.2, 0.25) is 0 Å². The molecule has 0 amide bonds. The molecule has 1 fully saturated rings. The lowest BCUT2D eigenvalue weighted by atomic mass is 9.93. The van der Waals surface area contributed by atoms with E-state index in [9.17, 15) is 5.11 Å². The van der Waals surface area contributed by atoms with Crippen molar-refractivity contribution in [3.05, 3.63) is 0 Å². The molecule has 1 rings (SSSR count). The summed E-state index contributed by atoms with van der Waals surface area (Å²) in [5.74, 6) is 0.499. The highest BCUT2D eigenvalue weighted by Crippen LogP contribution is 2.20. The molecular formula is C10H19NO. The second-order valence-electron chi connectivity index (χ2n) is 3.96. The van der Waals surface area contributed by atoms with Crippen molar-refractivity contribution in [1.29, 1.82) is 0 Å². The Morgan fingerprint density at radius 1 is 1.33 bits per heavy atom. The molecule has 2 heteroatoms. The topological polar surface area (TPSA) is 32.6 Å². The van der Waals surface area contributed by atoms with E-state index in [0.717, 1.165) is 19.3 Å². The van der Waals surface area contributed by atoms with Gasteiger partial charge in [-0.25, -0.2) is 0 Å². The van der Waals surface area contributed by atoms with Gasteiger partial charge in [-0.2, -0.15) is 0 Å². The highest BCUT2D eigenvalue weighted by molar-refractivity contribution is 5.59. The Labute approximate surface area is 74.7 Å². The maximum atomic E-state index is 9.57. The van der Waals surface area contributed by atoms with E-state index >= 15 is 0 Å². The van der Waals surface area contributed by atoms with Crippen LogP contribution in [0.3, 0.4) is 0 Å². The SMILES string of the molecule is CC(C)C=N[C@@H]1CCCC[C@@H]1O. The van der Waals surface area contributed by atoms with Crippen molar-refractivity contribution in [3.63, 3.8) is 0 Å². The largest absolute Gasteiger partial charge is 0.391 e. The second-order valence-corrected chi connectivity index (χ2v) is 3.96. The molecule has 0 aromatic carbocycles. The Morgan fingerprint density at radius 3 is 2.58 bits per heavy atom. The number of hydrogen-bond donors (Lipinski definition) is 1. The van der Waals surface area contributed by atoms with Gasteiger partial charge in [0.25, 0.3) is 0 Å². The number of aliphatic hydroxyl groups is 1. The Balaban J connectivity index is 2.38. The van der Waals surface area contributed by atoms with Gasteiger partial charge in [-0.15, -0.1) is 0 Å². The molecule has 70 valence electrons. The molecule has 12 heavy (non-hydrogen) atoms. The van der Waals surface area contributed by atoms with Crippen LogP contribution >= 0.6 is 0 Å². The first-order valence-corrected chi connectivity index (χ1v) is 4.91. The van der Waals surface area contributed by atoms with E-state index in [1.54, 1.807) is 0 Å². The third kappa shape index (κ3) is 2.94. The average molecular weight is 169 g/mol. The van der Waals surface area contributed by atoms with Gasteiger partial charge in [-0.1, -0.05) is 26.7 Å². The summed E-state index contributed by atoms with van der Waals surface area (Å²) >= 11 is 0. The molecule has 0 aliphatic heterocycles. The zero-order valence-electron chi connectivity index (χ0n) is 8.03. The minimum atomic E-state index is -0.186. The summed E-state index contributed by atoms with van der Waals surface area (Å²) in [6.45, 7) is 4.22. The van der Waals surface area contributed by atoms with Crippen LogP contribution in [0, 0.1) is 5.92 Å². The molecule has 1 aliphatic rings. The van der Waals surface area contributed by atoms with Crippen molar-refractivity contribution < 1.29 is 5.11 Å². The van der Waals surface area contributed by atoms with Gasteiger partial charge in [0.15, 0.2) is 0 Å². The molecule has 0 radical (unpaired) electrons. The molecule has 1 saturated carbocycles. The first kappa shape index (κ1) is 9.72. The lowest BCUT2D eigenvalue weighted by Gasteiger charge is -2.24. The fraction of sp³-hybridized carbons (Fsp3) is 0.900. The standard InChI is InChI=1S/C10H19NO/c1-8(2)7-11-9-5-3-4-6-10(9)12/h7-10,12H,3-6H2,1-2H3/t9-,10+/m1/s1. The fourth-order valence-electron chi connectivity index (χ4n) is 1.55. The van der Waals surface area contributed by atoms with E-state index in [1.807, 2.05) is 6.21 Å². The monoisotopic (exact) mass is 169 g/mol. The molecule has 0 aromatic heterocycles. The van der Waals surface area contributed by atoms with Crippen molar-refractivity contribution in [2.24, 2.45) is 10.9 Å². The lowest BCUT2D eigenvalue weighted by molar-refractivity contribution is 0.109. The molecule has 0 spiro atoms. The van der Waals surface area contributed by atoms with Crippen LogP contribution in [0.15, 0.2) is 4.99 Å². The molecule has 0 bridgehead atoms. The molecule has 0 unspecified atom stereocenters. The summed E-state index contributed by atoms with van der Waals surface area (Å²) in [5, 5.41) is 9.57. The van der Waals surface area contributed by atoms with E-state index < -0.39 is 0 Å². The molecule has 2 nitrogen and oxygen atoms in total. The summed E-state index contributed by atoms with van der Waals surface area (Å²) in [6.07, 6.45) is 6.14. The second kappa shape index (κ2) is 4.61. The third-order valence-corrected chi connectivity index (χ3v) is 2.27. The van der Waals surface area contributed by atoms with Crippen LogP contribution in [0.5, 0.6) is 0 Å². The van der Waals surface area contributed by atoms with Gasteiger partial charge in [0.1, 0.15) is 0 Å². The Hall–Kier alpha value is -0.370. The van der Waals surface area contributed by atoms with Crippen molar-refractivity contribution in [3.8, 4) is 0 Å². The van der Waals surface area contributed by atoms with Gasteiger partial charge < -0.3 is 5.11 Å². The van der Waals surface area contributed by atoms with Crippen LogP contribution in [0.4, 0.5) is 0 Å². The van der Waals surface area contributed by atoms with Crippen molar-refractivity contribution in [2.45, 2.75) is 51.7 Å². The van der Waals surface area contributed by atoms with E-state index in [1.165, 1.54) is 6.42 Å². The minimum absolute atomic E-state index is 0.182. The zero-order chi connectivity index (χ0) is 8.97. The summed E-state index contributed by atoms with van der Waals surface area (Å²) in [6, 6.07) is 0.182. The Bertz CT molecular complexity index is 154. The molecule has 1 N–H and O–H groups in total. The quantitative estimate of drug-likeness (QED) is 0.630. The van der Waals surface area contributed by atoms with Crippen LogP contribution in [0.25, 0.3) is 0 Å². The Morgan fingerprint density at radius 2 is 2.00 bits per heavy atom. The minimum Gasteiger partial charge on any atom is -0.391 e. The molecule has 0 saturated heterocycles. The molecule has 2 atom stereocenters. The third-order valence-electron chi connectivity index (χ3n) is 2.27. The van der Waals surface area contributed by atoms with E-state index in [-0.39, 0.29) is 12.1 Å². The molecular weight excluding hydrogens is 150 g/mol.